The number of carboxylic acid groups (broad SMARTS) is 1. The Hall–Kier alpha value is -0.593. The molecule has 0 heterocycles. The average molecular weight is 263 g/mol. The molecular formula is C11H25NO4Si. The Bertz CT molecular complexity index is 212. The van der Waals surface area contributed by atoms with Gasteiger partial charge in [0, 0.05) is 27.8 Å². The molecular weight excluding hydrogens is 238 g/mol. The van der Waals surface area contributed by atoms with Crippen LogP contribution in [0.3, 0.4) is 0 Å². The maximum Gasteiger partial charge on any atom is 0.407 e. The number of hydrogen-bond acceptors (Lipinski definition) is 3. The van der Waals surface area contributed by atoms with Gasteiger partial charge >= 0.3 is 15.4 Å². The summed E-state index contributed by atoms with van der Waals surface area (Å²) in [7, 11) is 3.49. The Morgan fingerprint density at radius 3 is 2.35 bits per heavy atom. The molecule has 0 rings (SSSR count). The standard InChI is InChI=1S/C11H25NO4Si/c1-5-10(17(15-3)16-4)8-6-7-9-12(2)11(13)14/h10,17H,5-9H2,1-4H3,(H,13,14). The van der Waals surface area contributed by atoms with Gasteiger partial charge in [0.05, 0.1) is 0 Å². The van der Waals surface area contributed by atoms with Gasteiger partial charge in [-0.05, 0) is 18.4 Å². The van der Waals surface area contributed by atoms with Crippen molar-refractivity contribution in [1.82, 2.24) is 4.90 Å². The molecule has 1 amide bonds. The fourth-order valence-electron chi connectivity index (χ4n) is 1.86. The van der Waals surface area contributed by atoms with E-state index >= 15 is 0 Å². The Morgan fingerprint density at radius 2 is 1.94 bits per heavy atom. The lowest BCUT2D eigenvalue weighted by atomic mass is 10.1. The third-order valence-electron chi connectivity index (χ3n) is 3.02. The SMILES string of the molecule is CCC(CCCCN(C)C(=O)O)[SiH](OC)OC. The fraction of sp³-hybridized carbons (Fsp3) is 0.909. The minimum atomic E-state index is -1.52. The van der Waals surface area contributed by atoms with Crippen molar-refractivity contribution < 1.29 is 18.8 Å². The molecule has 1 N–H and O–H groups in total. The first-order chi connectivity index (χ1) is 8.06. The van der Waals surface area contributed by atoms with E-state index in [2.05, 4.69) is 6.92 Å². The van der Waals surface area contributed by atoms with Crippen molar-refractivity contribution in [3.05, 3.63) is 0 Å². The lowest BCUT2D eigenvalue weighted by Gasteiger charge is -2.21. The lowest BCUT2D eigenvalue weighted by Crippen LogP contribution is -2.27. The van der Waals surface area contributed by atoms with Crippen LogP contribution in [0.2, 0.25) is 5.54 Å². The highest BCUT2D eigenvalue weighted by Crippen LogP contribution is 2.23. The van der Waals surface area contributed by atoms with Crippen LogP contribution in [0.15, 0.2) is 0 Å². The highest BCUT2D eigenvalue weighted by Gasteiger charge is 2.22. The van der Waals surface area contributed by atoms with Crippen LogP contribution >= 0.6 is 0 Å². The number of carbonyl (C=O) groups is 1. The molecule has 1 atom stereocenters. The lowest BCUT2D eigenvalue weighted by molar-refractivity contribution is 0.155. The van der Waals surface area contributed by atoms with Gasteiger partial charge in [0.15, 0.2) is 0 Å². The molecule has 6 heteroatoms. The van der Waals surface area contributed by atoms with Crippen LogP contribution in [0, 0.1) is 0 Å². The number of hydrogen-bond donors (Lipinski definition) is 1. The molecule has 0 aromatic rings. The second-order valence-corrected chi connectivity index (χ2v) is 6.83. The molecule has 0 saturated carbocycles. The molecule has 5 nitrogen and oxygen atoms in total. The first kappa shape index (κ1) is 16.4. The summed E-state index contributed by atoms with van der Waals surface area (Å²) in [4.78, 5) is 11.9. The zero-order valence-electron chi connectivity index (χ0n) is 11.3. The molecule has 0 fully saturated rings. The molecule has 102 valence electrons. The largest absolute Gasteiger partial charge is 0.465 e. The molecule has 0 aliphatic heterocycles. The third-order valence-corrected chi connectivity index (χ3v) is 5.52. The van der Waals surface area contributed by atoms with E-state index in [4.69, 9.17) is 14.0 Å². The maximum atomic E-state index is 10.6. The molecule has 0 bridgehead atoms. The summed E-state index contributed by atoms with van der Waals surface area (Å²) >= 11 is 0. The Kier molecular flexibility index (Phi) is 9.11. The summed E-state index contributed by atoms with van der Waals surface area (Å²) in [5, 5.41) is 8.69. The van der Waals surface area contributed by atoms with Crippen LogP contribution in [0.5, 0.6) is 0 Å². The van der Waals surface area contributed by atoms with Crippen molar-refractivity contribution in [1.29, 1.82) is 0 Å². The first-order valence-corrected chi connectivity index (χ1v) is 7.67. The summed E-state index contributed by atoms with van der Waals surface area (Å²) < 4.78 is 10.8. The monoisotopic (exact) mass is 263 g/mol. The van der Waals surface area contributed by atoms with Gasteiger partial charge in [-0.1, -0.05) is 19.8 Å². The van der Waals surface area contributed by atoms with E-state index in [0.29, 0.717) is 12.1 Å². The van der Waals surface area contributed by atoms with E-state index in [-0.39, 0.29) is 0 Å². The summed E-state index contributed by atoms with van der Waals surface area (Å²) in [6, 6.07) is 0. The van der Waals surface area contributed by atoms with Gasteiger partial charge < -0.3 is 18.9 Å². The van der Waals surface area contributed by atoms with Crippen molar-refractivity contribution in [2.45, 2.75) is 38.1 Å². The van der Waals surface area contributed by atoms with Gasteiger partial charge in [-0.25, -0.2) is 4.79 Å². The van der Waals surface area contributed by atoms with Crippen LogP contribution in [0.25, 0.3) is 0 Å². The maximum absolute atomic E-state index is 10.6. The molecule has 0 saturated heterocycles. The first-order valence-electron chi connectivity index (χ1n) is 6.06. The number of amides is 1. The van der Waals surface area contributed by atoms with Crippen LogP contribution in [-0.4, -0.2) is 53.2 Å². The zero-order chi connectivity index (χ0) is 13.3. The zero-order valence-corrected chi connectivity index (χ0v) is 12.5. The van der Waals surface area contributed by atoms with E-state index in [1.807, 2.05) is 0 Å². The van der Waals surface area contributed by atoms with Crippen LogP contribution < -0.4 is 0 Å². The number of unbranched alkanes of at least 4 members (excludes halogenated alkanes) is 1. The summed E-state index contributed by atoms with van der Waals surface area (Å²) in [5.41, 5.74) is 0.514. The number of rotatable bonds is 9. The predicted octanol–water partition coefficient (Wildman–Crippen LogP) is 2.06. The van der Waals surface area contributed by atoms with Crippen molar-refractivity contribution >= 4 is 15.4 Å². The van der Waals surface area contributed by atoms with Crippen molar-refractivity contribution in [2.24, 2.45) is 0 Å². The van der Waals surface area contributed by atoms with Crippen molar-refractivity contribution in [3.8, 4) is 0 Å². The van der Waals surface area contributed by atoms with Crippen LogP contribution in [0.4, 0.5) is 4.79 Å². The summed E-state index contributed by atoms with van der Waals surface area (Å²) in [6.45, 7) is 2.74. The van der Waals surface area contributed by atoms with Gasteiger partial charge in [0.25, 0.3) is 0 Å². The molecule has 0 spiro atoms. The van der Waals surface area contributed by atoms with Gasteiger partial charge in [0.1, 0.15) is 0 Å². The second-order valence-electron chi connectivity index (χ2n) is 4.21. The molecule has 0 aromatic carbocycles. The van der Waals surface area contributed by atoms with Gasteiger partial charge in [0.2, 0.25) is 0 Å². The van der Waals surface area contributed by atoms with E-state index < -0.39 is 15.4 Å². The average Bonchev–Trinajstić information content (AvgIpc) is 2.32. The molecule has 0 radical (unpaired) electrons. The van der Waals surface area contributed by atoms with Gasteiger partial charge in [-0.3, -0.25) is 0 Å². The molecule has 0 aromatic heterocycles. The third kappa shape index (κ3) is 6.65. The minimum absolute atomic E-state index is 0.514. The molecule has 17 heavy (non-hydrogen) atoms. The van der Waals surface area contributed by atoms with E-state index in [9.17, 15) is 4.79 Å². The Morgan fingerprint density at radius 1 is 1.35 bits per heavy atom. The normalized spacial score (nSPS) is 12.8. The van der Waals surface area contributed by atoms with E-state index in [1.165, 1.54) is 4.90 Å². The smallest absolute Gasteiger partial charge is 0.407 e. The van der Waals surface area contributed by atoms with Crippen LogP contribution in [0.1, 0.15) is 32.6 Å². The second kappa shape index (κ2) is 9.44. The van der Waals surface area contributed by atoms with Crippen molar-refractivity contribution in [2.75, 3.05) is 27.8 Å². The Balaban J connectivity index is 3.80. The minimum Gasteiger partial charge on any atom is -0.465 e. The van der Waals surface area contributed by atoms with Gasteiger partial charge in [-0.2, -0.15) is 0 Å². The van der Waals surface area contributed by atoms with Crippen molar-refractivity contribution in [3.63, 3.8) is 0 Å². The quantitative estimate of drug-likeness (QED) is 0.511. The topological polar surface area (TPSA) is 59.0 Å². The van der Waals surface area contributed by atoms with E-state index in [1.54, 1.807) is 21.3 Å². The Labute approximate surface area is 106 Å². The molecule has 1 unspecified atom stereocenters. The molecule has 0 aliphatic carbocycles. The highest BCUT2D eigenvalue weighted by molar-refractivity contribution is 6.46. The van der Waals surface area contributed by atoms with Gasteiger partial charge in [-0.15, -0.1) is 0 Å². The number of nitrogens with zero attached hydrogens (tertiary/aromatic N) is 1. The summed E-state index contributed by atoms with van der Waals surface area (Å²) in [5.74, 6) is 0. The molecule has 0 aliphatic rings. The summed E-state index contributed by atoms with van der Waals surface area (Å²) in [6.07, 6.45) is 3.17. The van der Waals surface area contributed by atoms with Crippen LogP contribution in [-0.2, 0) is 8.85 Å². The fourth-order valence-corrected chi connectivity index (χ4v) is 3.72. The predicted molar refractivity (Wildman–Crippen MR) is 69.7 cm³/mol. The van der Waals surface area contributed by atoms with E-state index in [0.717, 1.165) is 25.7 Å². The highest BCUT2D eigenvalue weighted by atomic mass is 28.3.